The standard InChI is InChI=1S/C17H19NO4/c1-12-10-14(16(19)20)15(11-12)18-17(21)22-9-5-8-13-6-3-2-4-7-13/h2-8,14-15H,1,9-11H2,(H,18,21)(H,19,20)/b8-5+/t14-,15+/m1/s1. The molecule has 1 fully saturated rings. The lowest BCUT2D eigenvalue weighted by molar-refractivity contribution is -0.142. The van der Waals surface area contributed by atoms with E-state index in [1.54, 1.807) is 6.08 Å². The Morgan fingerprint density at radius 2 is 2.05 bits per heavy atom. The highest BCUT2D eigenvalue weighted by Crippen LogP contribution is 2.29. The molecule has 2 rings (SSSR count). The molecule has 22 heavy (non-hydrogen) atoms. The van der Waals surface area contributed by atoms with E-state index in [1.165, 1.54) is 0 Å². The molecule has 1 aromatic carbocycles. The van der Waals surface area contributed by atoms with Crippen LogP contribution in [0.25, 0.3) is 6.08 Å². The molecule has 2 N–H and O–H groups in total. The molecule has 0 saturated heterocycles. The zero-order valence-electron chi connectivity index (χ0n) is 12.2. The quantitative estimate of drug-likeness (QED) is 0.820. The van der Waals surface area contributed by atoms with Gasteiger partial charge in [0.15, 0.2) is 0 Å². The van der Waals surface area contributed by atoms with Crippen molar-refractivity contribution in [2.45, 2.75) is 18.9 Å². The minimum atomic E-state index is -0.923. The summed E-state index contributed by atoms with van der Waals surface area (Å²) in [6.45, 7) is 3.92. The fourth-order valence-electron chi connectivity index (χ4n) is 2.47. The van der Waals surface area contributed by atoms with Gasteiger partial charge in [-0.25, -0.2) is 4.79 Å². The van der Waals surface area contributed by atoms with Gasteiger partial charge >= 0.3 is 12.1 Å². The van der Waals surface area contributed by atoms with Crippen LogP contribution in [-0.4, -0.2) is 29.8 Å². The average molecular weight is 301 g/mol. The van der Waals surface area contributed by atoms with Crippen LogP contribution in [0.15, 0.2) is 48.6 Å². The number of carbonyl (C=O) groups excluding carboxylic acids is 1. The first-order valence-corrected chi connectivity index (χ1v) is 7.10. The highest BCUT2D eigenvalue weighted by Gasteiger charge is 2.36. The molecular formula is C17H19NO4. The van der Waals surface area contributed by atoms with Gasteiger partial charge in [0.25, 0.3) is 0 Å². The second-order valence-electron chi connectivity index (χ2n) is 5.27. The molecule has 116 valence electrons. The molecule has 5 heteroatoms. The Hall–Kier alpha value is -2.56. The predicted octanol–water partition coefficient (Wildman–Crippen LogP) is 2.85. The number of nitrogens with one attached hydrogen (secondary N) is 1. The van der Waals surface area contributed by atoms with Crippen LogP contribution in [-0.2, 0) is 9.53 Å². The molecular weight excluding hydrogens is 282 g/mol. The van der Waals surface area contributed by atoms with Crippen LogP contribution < -0.4 is 5.32 Å². The number of aliphatic carboxylic acids is 1. The molecule has 5 nitrogen and oxygen atoms in total. The summed E-state index contributed by atoms with van der Waals surface area (Å²) in [4.78, 5) is 22.8. The topological polar surface area (TPSA) is 75.6 Å². The van der Waals surface area contributed by atoms with E-state index in [-0.39, 0.29) is 6.61 Å². The molecule has 0 bridgehead atoms. The smallest absolute Gasteiger partial charge is 0.407 e. The van der Waals surface area contributed by atoms with Crippen LogP contribution in [0.3, 0.4) is 0 Å². The molecule has 1 aliphatic rings. The third-order valence-electron chi connectivity index (χ3n) is 3.54. The van der Waals surface area contributed by atoms with Gasteiger partial charge in [-0.15, -0.1) is 0 Å². The van der Waals surface area contributed by atoms with Crippen molar-refractivity contribution >= 4 is 18.1 Å². The van der Waals surface area contributed by atoms with Gasteiger partial charge in [0.1, 0.15) is 6.61 Å². The zero-order chi connectivity index (χ0) is 15.9. The number of hydrogen-bond donors (Lipinski definition) is 2. The molecule has 0 aliphatic heterocycles. The largest absolute Gasteiger partial charge is 0.481 e. The second-order valence-corrected chi connectivity index (χ2v) is 5.27. The van der Waals surface area contributed by atoms with Gasteiger partial charge < -0.3 is 15.2 Å². The van der Waals surface area contributed by atoms with Gasteiger partial charge in [-0.05, 0) is 24.5 Å². The summed E-state index contributed by atoms with van der Waals surface area (Å²) in [6, 6.07) is 9.21. The van der Waals surface area contributed by atoms with E-state index in [0.29, 0.717) is 12.8 Å². The van der Waals surface area contributed by atoms with Crippen LogP contribution >= 0.6 is 0 Å². The van der Waals surface area contributed by atoms with Gasteiger partial charge in [-0.3, -0.25) is 4.79 Å². The third-order valence-corrected chi connectivity index (χ3v) is 3.54. The highest BCUT2D eigenvalue weighted by atomic mass is 16.5. The zero-order valence-corrected chi connectivity index (χ0v) is 12.2. The maximum absolute atomic E-state index is 11.7. The summed E-state index contributed by atoms with van der Waals surface area (Å²) in [5.41, 5.74) is 1.85. The van der Waals surface area contributed by atoms with Crippen molar-refractivity contribution in [1.82, 2.24) is 5.32 Å². The Morgan fingerprint density at radius 1 is 1.32 bits per heavy atom. The van der Waals surface area contributed by atoms with Crippen molar-refractivity contribution in [2.75, 3.05) is 6.61 Å². The number of carbonyl (C=O) groups is 2. The van der Waals surface area contributed by atoms with Crippen LogP contribution in [0.5, 0.6) is 0 Å². The van der Waals surface area contributed by atoms with E-state index in [4.69, 9.17) is 9.84 Å². The normalized spacial score (nSPS) is 21.0. The molecule has 0 heterocycles. The lowest BCUT2D eigenvalue weighted by atomic mass is 10.0. The Bertz CT molecular complexity index is 580. The number of hydrogen-bond acceptors (Lipinski definition) is 3. The van der Waals surface area contributed by atoms with Crippen molar-refractivity contribution in [1.29, 1.82) is 0 Å². The first-order valence-electron chi connectivity index (χ1n) is 7.10. The monoisotopic (exact) mass is 301 g/mol. The molecule has 1 aliphatic carbocycles. The molecule has 0 unspecified atom stereocenters. The fraction of sp³-hybridized carbons (Fsp3) is 0.294. The van der Waals surface area contributed by atoms with E-state index in [9.17, 15) is 9.59 Å². The molecule has 2 atom stereocenters. The molecule has 0 spiro atoms. The van der Waals surface area contributed by atoms with Crippen LogP contribution in [0, 0.1) is 5.92 Å². The predicted molar refractivity (Wildman–Crippen MR) is 83.2 cm³/mol. The van der Waals surface area contributed by atoms with E-state index < -0.39 is 24.0 Å². The maximum Gasteiger partial charge on any atom is 0.407 e. The molecule has 1 saturated carbocycles. The highest BCUT2D eigenvalue weighted by molar-refractivity contribution is 5.75. The van der Waals surface area contributed by atoms with Crippen molar-refractivity contribution in [3.63, 3.8) is 0 Å². The third kappa shape index (κ3) is 4.48. The van der Waals surface area contributed by atoms with E-state index in [0.717, 1.165) is 11.1 Å². The minimum absolute atomic E-state index is 0.131. The van der Waals surface area contributed by atoms with Crippen molar-refractivity contribution in [3.05, 3.63) is 54.1 Å². The number of carboxylic acids is 1. The van der Waals surface area contributed by atoms with Crippen LogP contribution in [0.2, 0.25) is 0 Å². The van der Waals surface area contributed by atoms with Crippen LogP contribution in [0.4, 0.5) is 4.79 Å². The van der Waals surface area contributed by atoms with Gasteiger partial charge in [0, 0.05) is 6.04 Å². The summed E-state index contributed by atoms with van der Waals surface area (Å²) in [6.07, 6.45) is 3.85. The Kier molecular flexibility index (Phi) is 5.36. The van der Waals surface area contributed by atoms with E-state index in [2.05, 4.69) is 11.9 Å². The minimum Gasteiger partial charge on any atom is -0.481 e. The summed E-state index contributed by atoms with van der Waals surface area (Å²) in [7, 11) is 0. The number of benzene rings is 1. The number of carboxylic acid groups (broad SMARTS) is 1. The molecule has 1 amide bonds. The first-order chi connectivity index (χ1) is 10.6. The summed E-state index contributed by atoms with van der Waals surface area (Å²) < 4.78 is 5.03. The van der Waals surface area contributed by atoms with Gasteiger partial charge in [-0.2, -0.15) is 0 Å². The van der Waals surface area contributed by atoms with Gasteiger partial charge in [0.2, 0.25) is 0 Å². The van der Waals surface area contributed by atoms with E-state index >= 15 is 0 Å². The number of ether oxygens (including phenoxy) is 1. The van der Waals surface area contributed by atoms with Crippen LogP contribution in [0.1, 0.15) is 18.4 Å². The molecule has 1 aromatic rings. The Balaban J connectivity index is 1.77. The summed E-state index contributed by atoms with van der Waals surface area (Å²) >= 11 is 0. The number of rotatable bonds is 5. The van der Waals surface area contributed by atoms with Gasteiger partial charge in [-0.1, -0.05) is 48.6 Å². The summed E-state index contributed by atoms with van der Waals surface area (Å²) in [5, 5.41) is 11.7. The number of amides is 1. The first kappa shape index (κ1) is 15.8. The van der Waals surface area contributed by atoms with Crippen molar-refractivity contribution < 1.29 is 19.4 Å². The lowest BCUT2D eigenvalue weighted by Crippen LogP contribution is -2.40. The van der Waals surface area contributed by atoms with Crippen molar-refractivity contribution in [2.24, 2.45) is 5.92 Å². The molecule has 0 aromatic heterocycles. The Morgan fingerprint density at radius 3 is 2.73 bits per heavy atom. The summed E-state index contributed by atoms with van der Waals surface area (Å²) in [5.74, 6) is -1.55. The SMILES string of the molecule is C=C1C[C@H](NC(=O)OC/C=C/c2ccccc2)[C@H](C(=O)O)C1. The van der Waals surface area contributed by atoms with E-state index in [1.807, 2.05) is 36.4 Å². The fourth-order valence-corrected chi connectivity index (χ4v) is 2.47. The second kappa shape index (κ2) is 7.45. The average Bonchev–Trinajstić information content (AvgIpc) is 2.85. The van der Waals surface area contributed by atoms with Crippen molar-refractivity contribution in [3.8, 4) is 0 Å². The lowest BCUT2D eigenvalue weighted by Gasteiger charge is -2.16. The number of alkyl carbamates (subject to hydrolysis) is 1. The maximum atomic E-state index is 11.7. The Labute approximate surface area is 129 Å². The van der Waals surface area contributed by atoms with Gasteiger partial charge in [0.05, 0.1) is 5.92 Å². The molecule has 0 radical (unpaired) electrons.